The summed E-state index contributed by atoms with van der Waals surface area (Å²) in [6, 6.07) is 2.48. The normalized spacial score (nSPS) is 19.0. The number of carbonyl (C=O) groups excluding carboxylic acids is 5. The molecule has 2 aliphatic rings. The summed E-state index contributed by atoms with van der Waals surface area (Å²) in [5, 5.41) is 2.79. The van der Waals surface area contributed by atoms with Crippen molar-refractivity contribution in [1.82, 2.24) is 15.1 Å². The van der Waals surface area contributed by atoms with Gasteiger partial charge in [-0.2, -0.15) is 0 Å². The smallest absolute Gasteiger partial charge is 0.319 e. The molecule has 2 aliphatic heterocycles. The molecule has 1 fully saturated rings. The Morgan fingerprint density at radius 3 is 2.69 bits per heavy atom. The Morgan fingerprint density at radius 1 is 1.24 bits per heavy atom. The quantitative estimate of drug-likeness (QED) is 0.505. The van der Waals surface area contributed by atoms with Gasteiger partial charge in [0, 0.05) is 6.42 Å². The van der Waals surface area contributed by atoms with E-state index < -0.39 is 41.5 Å². The molecule has 154 valence electrons. The summed E-state index contributed by atoms with van der Waals surface area (Å²) >= 11 is 0. The first kappa shape index (κ1) is 20.6. The maximum absolute atomic E-state index is 14.0. The average Bonchev–Trinajstić information content (AvgIpc) is 2.95. The first-order valence-corrected chi connectivity index (χ1v) is 9.23. The fourth-order valence-electron chi connectivity index (χ4n) is 3.37. The summed E-state index contributed by atoms with van der Waals surface area (Å²) in [5.74, 6) is -4.28. The first-order valence-electron chi connectivity index (χ1n) is 9.23. The van der Waals surface area contributed by atoms with Crippen molar-refractivity contribution in [1.29, 1.82) is 0 Å². The summed E-state index contributed by atoms with van der Waals surface area (Å²) < 4.78 is 19.0. The van der Waals surface area contributed by atoms with Crippen LogP contribution in [0.25, 0.3) is 0 Å². The van der Waals surface area contributed by atoms with Gasteiger partial charge in [0.2, 0.25) is 5.91 Å². The second-order valence-electron chi connectivity index (χ2n) is 6.58. The van der Waals surface area contributed by atoms with Gasteiger partial charge in [0.1, 0.15) is 18.5 Å². The van der Waals surface area contributed by atoms with Gasteiger partial charge in [-0.25, -0.2) is 4.39 Å². The number of amides is 4. The summed E-state index contributed by atoms with van der Waals surface area (Å²) in [4.78, 5) is 63.3. The molecule has 1 N–H and O–H groups in total. The molecule has 1 saturated heterocycles. The third-order valence-corrected chi connectivity index (χ3v) is 4.79. The SMILES string of the molecule is CCNCC(=O)OCCN1C(=O)CCC(N2C(=O)c3cccc(F)c3C2=O)C1=O. The molecule has 0 radical (unpaired) electrons. The maximum Gasteiger partial charge on any atom is 0.319 e. The zero-order valence-corrected chi connectivity index (χ0v) is 15.8. The van der Waals surface area contributed by atoms with Crippen molar-refractivity contribution in [3.8, 4) is 0 Å². The van der Waals surface area contributed by atoms with Crippen LogP contribution in [0.3, 0.4) is 0 Å². The van der Waals surface area contributed by atoms with Crippen LogP contribution in [0.2, 0.25) is 0 Å². The third kappa shape index (κ3) is 3.88. The van der Waals surface area contributed by atoms with E-state index in [1.54, 1.807) is 0 Å². The molecule has 29 heavy (non-hydrogen) atoms. The fourth-order valence-corrected chi connectivity index (χ4v) is 3.37. The van der Waals surface area contributed by atoms with E-state index in [-0.39, 0.29) is 43.7 Å². The predicted molar refractivity (Wildman–Crippen MR) is 96.1 cm³/mol. The number of imide groups is 2. The molecule has 0 saturated carbocycles. The maximum atomic E-state index is 14.0. The molecule has 9 nitrogen and oxygen atoms in total. The van der Waals surface area contributed by atoms with E-state index in [1.165, 1.54) is 12.1 Å². The predicted octanol–water partition coefficient (Wildman–Crippen LogP) is 0.0920. The van der Waals surface area contributed by atoms with E-state index in [9.17, 15) is 28.4 Å². The van der Waals surface area contributed by atoms with Gasteiger partial charge in [-0.05, 0) is 25.1 Å². The molecule has 1 unspecified atom stereocenters. The van der Waals surface area contributed by atoms with Crippen LogP contribution in [0.1, 0.15) is 40.5 Å². The van der Waals surface area contributed by atoms with Crippen molar-refractivity contribution < 1.29 is 33.1 Å². The third-order valence-electron chi connectivity index (χ3n) is 4.79. The van der Waals surface area contributed by atoms with Crippen molar-refractivity contribution in [3.63, 3.8) is 0 Å². The number of halogens is 1. The molecule has 3 rings (SSSR count). The number of carbonyl (C=O) groups is 5. The lowest BCUT2D eigenvalue weighted by atomic mass is 10.0. The minimum Gasteiger partial charge on any atom is -0.463 e. The lowest BCUT2D eigenvalue weighted by Gasteiger charge is -2.34. The van der Waals surface area contributed by atoms with Crippen LogP contribution in [-0.4, -0.2) is 71.7 Å². The summed E-state index contributed by atoms with van der Waals surface area (Å²) in [6.45, 7) is 2.01. The number of fused-ring (bicyclic) bond motifs is 1. The highest BCUT2D eigenvalue weighted by Gasteiger charge is 2.47. The molecular formula is C19H20FN3O6. The van der Waals surface area contributed by atoms with Crippen LogP contribution in [-0.2, 0) is 19.1 Å². The number of nitrogens with zero attached hydrogens (tertiary/aromatic N) is 2. The molecule has 1 aromatic carbocycles. The Hall–Kier alpha value is -3.14. The lowest BCUT2D eigenvalue weighted by molar-refractivity contribution is -0.155. The Bertz CT molecular complexity index is 887. The highest BCUT2D eigenvalue weighted by Crippen LogP contribution is 2.30. The average molecular weight is 405 g/mol. The van der Waals surface area contributed by atoms with Gasteiger partial charge in [-0.15, -0.1) is 0 Å². The minimum absolute atomic E-state index is 0.00161. The van der Waals surface area contributed by atoms with Gasteiger partial charge >= 0.3 is 5.97 Å². The van der Waals surface area contributed by atoms with E-state index >= 15 is 0 Å². The first-order chi connectivity index (χ1) is 13.9. The molecule has 0 bridgehead atoms. The van der Waals surface area contributed by atoms with Crippen molar-refractivity contribution in [2.75, 3.05) is 26.2 Å². The number of esters is 1. The van der Waals surface area contributed by atoms with Crippen LogP contribution in [0, 0.1) is 5.82 Å². The number of hydrogen-bond donors (Lipinski definition) is 1. The van der Waals surface area contributed by atoms with E-state index in [4.69, 9.17) is 4.74 Å². The van der Waals surface area contributed by atoms with Crippen molar-refractivity contribution in [3.05, 3.63) is 35.1 Å². The number of benzene rings is 1. The molecule has 2 heterocycles. The Morgan fingerprint density at radius 2 is 2.00 bits per heavy atom. The van der Waals surface area contributed by atoms with Crippen molar-refractivity contribution >= 4 is 29.6 Å². The van der Waals surface area contributed by atoms with E-state index in [0.29, 0.717) is 11.4 Å². The van der Waals surface area contributed by atoms with Crippen molar-refractivity contribution in [2.45, 2.75) is 25.8 Å². The molecule has 1 aromatic rings. The fraction of sp³-hybridized carbons (Fsp3) is 0.421. The molecule has 0 spiro atoms. The van der Waals surface area contributed by atoms with E-state index in [1.807, 2.05) is 6.92 Å². The van der Waals surface area contributed by atoms with Crippen molar-refractivity contribution in [2.24, 2.45) is 0 Å². The van der Waals surface area contributed by atoms with E-state index in [2.05, 4.69) is 5.32 Å². The Kier molecular flexibility index (Phi) is 6.02. The van der Waals surface area contributed by atoms with Gasteiger partial charge in [-0.1, -0.05) is 13.0 Å². The molecule has 4 amide bonds. The number of hydrogen-bond acceptors (Lipinski definition) is 7. The zero-order valence-electron chi connectivity index (χ0n) is 15.8. The lowest BCUT2D eigenvalue weighted by Crippen LogP contribution is -2.56. The Balaban J connectivity index is 1.70. The van der Waals surface area contributed by atoms with Gasteiger partial charge < -0.3 is 10.1 Å². The number of ether oxygens (including phenoxy) is 1. The highest BCUT2D eigenvalue weighted by atomic mass is 19.1. The number of nitrogens with one attached hydrogen (secondary N) is 1. The number of piperidine rings is 1. The van der Waals surface area contributed by atoms with Crippen LogP contribution in [0.5, 0.6) is 0 Å². The molecule has 1 atom stereocenters. The zero-order chi connectivity index (χ0) is 21.1. The highest BCUT2D eigenvalue weighted by molar-refractivity contribution is 6.23. The van der Waals surface area contributed by atoms with Crippen LogP contribution < -0.4 is 5.32 Å². The van der Waals surface area contributed by atoms with E-state index in [0.717, 1.165) is 11.0 Å². The summed E-state index contributed by atoms with van der Waals surface area (Å²) in [7, 11) is 0. The molecular weight excluding hydrogens is 385 g/mol. The summed E-state index contributed by atoms with van der Waals surface area (Å²) in [5.41, 5.74) is -0.477. The van der Waals surface area contributed by atoms with Gasteiger partial charge in [0.25, 0.3) is 17.7 Å². The second kappa shape index (κ2) is 8.48. The summed E-state index contributed by atoms with van der Waals surface area (Å²) in [6.07, 6.45) is -0.112. The molecule has 10 heteroatoms. The van der Waals surface area contributed by atoms with Gasteiger partial charge in [-0.3, -0.25) is 33.8 Å². The number of rotatable bonds is 7. The second-order valence-corrected chi connectivity index (χ2v) is 6.58. The topological polar surface area (TPSA) is 113 Å². The standard InChI is InChI=1S/C19H20FN3O6/c1-2-21-10-15(25)29-9-8-22-14(24)7-6-13(18(22)27)23-17(26)11-4-3-5-12(20)16(11)19(23)28/h3-5,13,21H,2,6-10H2,1H3. The van der Waals surface area contributed by atoms with Crippen LogP contribution >= 0.6 is 0 Å². The minimum atomic E-state index is -1.21. The van der Waals surface area contributed by atoms with Crippen LogP contribution in [0.4, 0.5) is 4.39 Å². The van der Waals surface area contributed by atoms with Crippen LogP contribution in [0.15, 0.2) is 18.2 Å². The largest absolute Gasteiger partial charge is 0.463 e. The molecule has 0 aromatic heterocycles. The number of likely N-dealkylation sites (N-methyl/N-ethyl adjacent to an activating group) is 1. The number of likely N-dealkylation sites (tertiary alicyclic amines) is 1. The van der Waals surface area contributed by atoms with Gasteiger partial charge in [0.15, 0.2) is 0 Å². The Labute approximate surface area is 165 Å². The van der Waals surface area contributed by atoms with Gasteiger partial charge in [0.05, 0.1) is 24.2 Å². The molecule has 0 aliphatic carbocycles. The monoisotopic (exact) mass is 405 g/mol.